The lowest BCUT2D eigenvalue weighted by atomic mass is 9.95. The molecule has 0 N–H and O–H groups in total. The van der Waals surface area contributed by atoms with E-state index < -0.39 is 0 Å². The van der Waals surface area contributed by atoms with Gasteiger partial charge in [-0.25, -0.2) is 0 Å². The van der Waals surface area contributed by atoms with Gasteiger partial charge in [0.05, 0.1) is 0 Å². The monoisotopic (exact) mass is 278 g/mol. The second-order valence-corrected chi connectivity index (χ2v) is 6.30. The molecule has 0 aliphatic heterocycles. The van der Waals surface area contributed by atoms with Gasteiger partial charge in [0.1, 0.15) is 0 Å². The Labute approximate surface area is 129 Å². The number of rotatable bonds is 7. The third kappa shape index (κ3) is 3.20. The Hall–Kier alpha value is -1.56. The summed E-state index contributed by atoms with van der Waals surface area (Å²) in [7, 11) is 0. The predicted molar refractivity (Wildman–Crippen MR) is 91.8 cm³/mol. The largest absolute Gasteiger partial charge is 0.0654 e. The zero-order chi connectivity index (χ0) is 14.5. The molecule has 1 aliphatic carbocycles. The SMILES string of the molecule is CCCCCCCCc1cccc2c1-c1ccccc1C2. The quantitative estimate of drug-likeness (QED) is 0.454. The average molecular weight is 278 g/mol. The molecule has 21 heavy (non-hydrogen) atoms. The van der Waals surface area contributed by atoms with Gasteiger partial charge in [-0.1, -0.05) is 81.5 Å². The fourth-order valence-electron chi connectivity index (χ4n) is 3.57. The van der Waals surface area contributed by atoms with Crippen LogP contribution < -0.4 is 0 Å². The first-order valence-electron chi connectivity index (χ1n) is 8.59. The molecule has 0 heteroatoms. The molecule has 0 fully saturated rings. The molecule has 3 rings (SSSR count). The van der Waals surface area contributed by atoms with Crippen LogP contribution in [-0.4, -0.2) is 0 Å². The first-order valence-corrected chi connectivity index (χ1v) is 8.59. The number of hydrogen-bond donors (Lipinski definition) is 0. The van der Waals surface area contributed by atoms with Crippen molar-refractivity contribution in [1.29, 1.82) is 0 Å². The van der Waals surface area contributed by atoms with Crippen molar-refractivity contribution in [3.8, 4) is 11.1 Å². The number of aryl methyl sites for hydroxylation is 1. The van der Waals surface area contributed by atoms with E-state index in [0.717, 1.165) is 6.42 Å². The second-order valence-electron chi connectivity index (χ2n) is 6.30. The maximum absolute atomic E-state index is 2.34. The Morgan fingerprint density at radius 3 is 2.43 bits per heavy atom. The lowest BCUT2D eigenvalue weighted by molar-refractivity contribution is 0.608. The minimum absolute atomic E-state index is 1.12. The van der Waals surface area contributed by atoms with E-state index in [9.17, 15) is 0 Å². The zero-order valence-corrected chi connectivity index (χ0v) is 13.2. The van der Waals surface area contributed by atoms with E-state index in [1.165, 1.54) is 61.6 Å². The van der Waals surface area contributed by atoms with Gasteiger partial charge in [0.15, 0.2) is 0 Å². The van der Waals surface area contributed by atoms with Crippen molar-refractivity contribution >= 4 is 0 Å². The average Bonchev–Trinajstić information content (AvgIpc) is 2.90. The normalized spacial score (nSPS) is 12.2. The molecule has 2 aromatic rings. The molecule has 0 nitrogen and oxygen atoms in total. The summed E-state index contributed by atoms with van der Waals surface area (Å²) in [5.41, 5.74) is 7.62. The molecule has 0 bridgehead atoms. The molecule has 0 atom stereocenters. The highest BCUT2D eigenvalue weighted by Crippen LogP contribution is 2.39. The van der Waals surface area contributed by atoms with Crippen molar-refractivity contribution in [2.24, 2.45) is 0 Å². The van der Waals surface area contributed by atoms with Gasteiger partial charge in [-0.3, -0.25) is 0 Å². The minimum atomic E-state index is 1.12. The summed E-state index contributed by atoms with van der Waals surface area (Å²) in [5, 5.41) is 0. The highest BCUT2D eigenvalue weighted by molar-refractivity contribution is 5.79. The first kappa shape index (κ1) is 14.4. The van der Waals surface area contributed by atoms with Gasteiger partial charge in [0, 0.05) is 0 Å². The molecule has 0 aromatic heterocycles. The van der Waals surface area contributed by atoms with Crippen LogP contribution in [0.25, 0.3) is 11.1 Å². The van der Waals surface area contributed by atoms with Crippen LogP contribution in [0.1, 0.15) is 62.1 Å². The molecular formula is C21H26. The van der Waals surface area contributed by atoms with E-state index in [1.807, 2.05) is 0 Å². The minimum Gasteiger partial charge on any atom is -0.0654 e. The number of fused-ring (bicyclic) bond motifs is 3. The summed E-state index contributed by atoms with van der Waals surface area (Å²) in [4.78, 5) is 0. The molecule has 2 aromatic carbocycles. The standard InChI is InChI=1S/C21H26/c1-2-3-4-5-6-7-11-17-13-10-14-19-16-18-12-8-9-15-20(18)21(17)19/h8-10,12-15H,2-7,11,16H2,1H3. The van der Waals surface area contributed by atoms with Gasteiger partial charge in [-0.05, 0) is 47.1 Å². The van der Waals surface area contributed by atoms with E-state index in [2.05, 4.69) is 49.4 Å². The fourth-order valence-corrected chi connectivity index (χ4v) is 3.57. The van der Waals surface area contributed by atoms with E-state index in [4.69, 9.17) is 0 Å². The molecule has 0 spiro atoms. The summed E-state index contributed by atoms with van der Waals surface area (Å²) >= 11 is 0. The Balaban J connectivity index is 1.67. The van der Waals surface area contributed by atoms with Gasteiger partial charge >= 0.3 is 0 Å². The van der Waals surface area contributed by atoms with E-state index in [-0.39, 0.29) is 0 Å². The van der Waals surface area contributed by atoms with Gasteiger partial charge < -0.3 is 0 Å². The van der Waals surface area contributed by atoms with E-state index in [1.54, 1.807) is 11.1 Å². The Bertz CT molecular complexity index is 595. The Kier molecular flexibility index (Phi) is 4.75. The number of benzene rings is 2. The lowest BCUT2D eigenvalue weighted by Gasteiger charge is -2.09. The van der Waals surface area contributed by atoms with Gasteiger partial charge in [-0.2, -0.15) is 0 Å². The van der Waals surface area contributed by atoms with Crippen LogP contribution in [0.3, 0.4) is 0 Å². The molecule has 0 saturated heterocycles. The van der Waals surface area contributed by atoms with Crippen molar-refractivity contribution in [3.05, 3.63) is 59.2 Å². The smallest absolute Gasteiger partial charge is 0.00134 e. The molecular weight excluding hydrogens is 252 g/mol. The van der Waals surface area contributed by atoms with Gasteiger partial charge in [-0.15, -0.1) is 0 Å². The lowest BCUT2D eigenvalue weighted by Crippen LogP contribution is -1.91. The molecule has 0 radical (unpaired) electrons. The predicted octanol–water partition coefficient (Wildman–Crippen LogP) is 6.16. The van der Waals surface area contributed by atoms with Crippen molar-refractivity contribution in [2.75, 3.05) is 0 Å². The zero-order valence-electron chi connectivity index (χ0n) is 13.2. The number of hydrogen-bond acceptors (Lipinski definition) is 0. The maximum atomic E-state index is 2.34. The summed E-state index contributed by atoms with van der Waals surface area (Å²) in [5.74, 6) is 0. The summed E-state index contributed by atoms with van der Waals surface area (Å²) in [6.45, 7) is 2.28. The fraction of sp³-hybridized carbons (Fsp3) is 0.429. The second kappa shape index (κ2) is 6.93. The summed E-state index contributed by atoms with van der Waals surface area (Å²) < 4.78 is 0. The van der Waals surface area contributed by atoms with Crippen molar-refractivity contribution in [2.45, 2.75) is 58.3 Å². The van der Waals surface area contributed by atoms with Crippen LogP contribution in [0.4, 0.5) is 0 Å². The Morgan fingerprint density at radius 1 is 0.762 bits per heavy atom. The van der Waals surface area contributed by atoms with Crippen LogP contribution >= 0.6 is 0 Å². The highest BCUT2D eigenvalue weighted by Gasteiger charge is 2.19. The van der Waals surface area contributed by atoms with Crippen LogP contribution in [0.15, 0.2) is 42.5 Å². The third-order valence-corrected chi connectivity index (χ3v) is 4.70. The highest BCUT2D eigenvalue weighted by atomic mass is 14.2. The molecule has 1 aliphatic rings. The van der Waals surface area contributed by atoms with Gasteiger partial charge in [0.25, 0.3) is 0 Å². The van der Waals surface area contributed by atoms with Crippen LogP contribution in [0.5, 0.6) is 0 Å². The number of unbranched alkanes of at least 4 members (excludes halogenated alkanes) is 5. The summed E-state index contributed by atoms with van der Waals surface area (Å²) in [6.07, 6.45) is 10.6. The molecule has 110 valence electrons. The molecule has 0 saturated carbocycles. The van der Waals surface area contributed by atoms with Crippen LogP contribution in [0.2, 0.25) is 0 Å². The molecule has 0 amide bonds. The molecule has 0 heterocycles. The van der Waals surface area contributed by atoms with Crippen molar-refractivity contribution < 1.29 is 0 Å². The Morgan fingerprint density at radius 2 is 1.52 bits per heavy atom. The van der Waals surface area contributed by atoms with Gasteiger partial charge in [0.2, 0.25) is 0 Å². The topological polar surface area (TPSA) is 0 Å². The molecule has 0 unspecified atom stereocenters. The van der Waals surface area contributed by atoms with Crippen LogP contribution in [0, 0.1) is 0 Å². The summed E-state index contributed by atoms with van der Waals surface area (Å²) in [6, 6.07) is 15.8. The van der Waals surface area contributed by atoms with Crippen molar-refractivity contribution in [1.82, 2.24) is 0 Å². The van der Waals surface area contributed by atoms with E-state index >= 15 is 0 Å². The maximum Gasteiger partial charge on any atom is -0.00134 e. The van der Waals surface area contributed by atoms with Crippen LogP contribution in [-0.2, 0) is 12.8 Å². The van der Waals surface area contributed by atoms with E-state index in [0.29, 0.717) is 0 Å². The third-order valence-electron chi connectivity index (χ3n) is 4.70. The first-order chi connectivity index (χ1) is 10.4. The van der Waals surface area contributed by atoms with Crippen molar-refractivity contribution in [3.63, 3.8) is 0 Å².